The smallest absolute Gasteiger partial charge is 0.138 e. The van der Waals surface area contributed by atoms with Crippen molar-refractivity contribution in [1.29, 1.82) is 0 Å². The summed E-state index contributed by atoms with van der Waals surface area (Å²) >= 11 is 0. The molecule has 24 heavy (non-hydrogen) atoms. The summed E-state index contributed by atoms with van der Waals surface area (Å²) in [5, 5.41) is 3.40. The first kappa shape index (κ1) is 15.8. The van der Waals surface area contributed by atoms with Crippen LogP contribution in [0.1, 0.15) is 11.1 Å². The van der Waals surface area contributed by atoms with Crippen LogP contribution in [0.25, 0.3) is 0 Å². The van der Waals surface area contributed by atoms with Gasteiger partial charge in [0.05, 0.1) is 12.8 Å². The number of methoxy groups -OCH3 is 1. The highest BCUT2D eigenvalue weighted by molar-refractivity contribution is 6.09. The second kappa shape index (κ2) is 7.47. The number of benzene rings is 3. The molecule has 0 aliphatic rings. The average molecular weight is 316 g/mol. The van der Waals surface area contributed by atoms with E-state index < -0.39 is 0 Å². The number of anilines is 1. The Bertz CT molecular complexity index is 807. The van der Waals surface area contributed by atoms with Crippen LogP contribution in [0, 0.1) is 6.92 Å². The quantitative estimate of drug-likeness (QED) is 0.530. The van der Waals surface area contributed by atoms with Gasteiger partial charge in [-0.25, -0.2) is 4.99 Å². The summed E-state index contributed by atoms with van der Waals surface area (Å²) in [6, 6.07) is 26.1. The van der Waals surface area contributed by atoms with Gasteiger partial charge in [0.15, 0.2) is 0 Å². The molecule has 3 aromatic carbocycles. The molecule has 3 heteroatoms. The monoisotopic (exact) mass is 316 g/mol. The highest BCUT2D eigenvalue weighted by Gasteiger charge is 2.05. The fraction of sp³-hybridized carbons (Fsp3) is 0.0952. The van der Waals surface area contributed by atoms with E-state index in [1.165, 1.54) is 5.56 Å². The third-order valence-corrected chi connectivity index (χ3v) is 3.67. The fourth-order valence-corrected chi connectivity index (χ4v) is 2.32. The number of ether oxygens (including phenoxy) is 1. The van der Waals surface area contributed by atoms with Crippen LogP contribution >= 0.6 is 0 Å². The number of aliphatic imine (C=N–C) groups is 1. The zero-order chi connectivity index (χ0) is 16.8. The number of nitrogens with zero attached hydrogens (tertiary/aromatic N) is 1. The summed E-state index contributed by atoms with van der Waals surface area (Å²) in [4.78, 5) is 4.78. The van der Waals surface area contributed by atoms with Crippen molar-refractivity contribution in [2.45, 2.75) is 6.92 Å². The topological polar surface area (TPSA) is 33.6 Å². The highest BCUT2D eigenvalue weighted by Crippen LogP contribution is 2.19. The van der Waals surface area contributed by atoms with Crippen molar-refractivity contribution in [3.63, 3.8) is 0 Å². The van der Waals surface area contributed by atoms with Gasteiger partial charge < -0.3 is 10.1 Å². The first-order valence-corrected chi connectivity index (χ1v) is 7.86. The van der Waals surface area contributed by atoms with E-state index in [-0.39, 0.29) is 0 Å². The molecule has 3 aromatic rings. The summed E-state index contributed by atoms with van der Waals surface area (Å²) in [6.07, 6.45) is 0. The van der Waals surface area contributed by atoms with Crippen LogP contribution in [0.2, 0.25) is 0 Å². The van der Waals surface area contributed by atoms with Crippen molar-refractivity contribution in [3.8, 4) is 5.75 Å². The molecule has 0 atom stereocenters. The Hall–Kier alpha value is -3.07. The molecule has 120 valence electrons. The molecule has 1 N–H and O–H groups in total. The van der Waals surface area contributed by atoms with Crippen molar-refractivity contribution in [2.24, 2.45) is 4.99 Å². The lowest BCUT2D eigenvalue weighted by atomic mass is 10.2. The third-order valence-electron chi connectivity index (χ3n) is 3.67. The van der Waals surface area contributed by atoms with E-state index in [0.29, 0.717) is 0 Å². The number of amidine groups is 1. The van der Waals surface area contributed by atoms with Crippen molar-refractivity contribution >= 4 is 17.2 Å². The normalized spacial score (nSPS) is 11.2. The van der Waals surface area contributed by atoms with Crippen molar-refractivity contribution in [2.75, 3.05) is 12.4 Å². The standard InChI is InChI=1S/C21H20N2O/c1-16-8-10-18(11-9-16)22-21(17-6-4-3-5-7-17)23-19-12-14-20(24-2)15-13-19/h3-15H,1-2H3,(H,22,23). The van der Waals surface area contributed by atoms with E-state index in [2.05, 4.69) is 24.4 Å². The molecule has 3 nitrogen and oxygen atoms in total. The van der Waals surface area contributed by atoms with Crippen molar-refractivity contribution < 1.29 is 4.74 Å². The van der Waals surface area contributed by atoms with Gasteiger partial charge in [-0.05, 0) is 43.3 Å². The maximum Gasteiger partial charge on any atom is 0.138 e. The Morgan fingerprint density at radius 1 is 0.833 bits per heavy atom. The van der Waals surface area contributed by atoms with E-state index >= 15 is 0 Å². The lowest BCUT2D eigenvalue weighted by molar-refractivity contribution is 0.415. The maximum absolute atomic E-state index is 5.21. The summed E-state index contributed by atoms with van der Waals surface area (Å²) in [5.41, 5.74) is 4.14. The molecule has 0 unspecified atom stereocenters. The lowest BCUT2D eigenvalue weighted by Gasteiger charge is -2.11. The molecular weight excluding hydrogens is 296 g/mol. The fourth-order valence-electron chi connectivity index (χ4n) is 2.32. The Kier molecular flexibility index (Phi) is 4.92. The highest BCUT2D eigenvalue weighted by atomic mass is 16.5. The minimum Gasteiger partial charge on any atom is -0.497 e. The number of hydrogen-bond acceptors (Lipinski definition) is 2. The minimum absolute atomic E-state index is 0.810. The van der Waals surface area contributed by atoms with Gasteiger partial charge in [-0.15, -0.1) is 0 Å². The Morgan fingerprint density at radius 2 is 1.50 bits per heavy atom. The molecule has 0 saturated carbocycles. The Morgan fingerprint density at radius 3 is 2.12 bits per heavy atom. The largest absolute Gasteiger partial charge is 0.497 e. The molecule has 0 bridgehead atoms. The number of aryl methyl sites for hydroxylation is 1. The van der Waals surface area contributed by atoms with Gasteiger partial charge in [0, 0.05) is 11.3 Å². The van der Waals surface area contributed by atoms with Crippen molar-refractivity contribution in [3.05, 3.63) is 90.0 Å². The molecule has 0 spiro atoms. The second-order valence-corrected chi connectivity index (χ2v) is 5.52. The van der Waals surface area contributed by atoms with Crippen LogP contribution in [0.3, 0.4) is 0 Å². The molecule has 0 amide bonds. The number of hydrogen-bond donors (Lipinski definition) is 1. The van der Waals surface area contributed by atoms with Gasteiger partial charge >= 0.3 is 0 Å². The van der Waals surface area contributed by atoms with Gasteiger partial charge in [-0.3, -0.25) is 0 Å². The molecule has 0 aliphatic heterocycles. The molecule has 0 aromatic heterocycles. The van der Waals surface area contributed by atoms with Crippen LogP contribution in [0.15, 0.2) is 83.9 Å². The molecule has 0 aliphatic carbocycles. The van der Waals surface area contributed by atoms with Gasteiger partial charge in [-0.2, -0.15) is 0 Å². The molecule has 0 saturated heterocycles. The third kappa shape index (κ3) is 4.02. The van der Waals surface area contributed by atoms with Crippen LogP contribution in [0.5, 0.6) is 5.75 Å². The molecule has 0 fully saturated rings. The molecular formula is C21H20N2O. The first-order valence-electron chi connectivity index (χ1n) is 7.86. The second-order valence-electron chi connectivity index (χ2n) is 5.52. The average Bonchev–Trinajstić information content (AvgIpc) is 2.64. The Balaban J connectivity index is 1.94. The maximum atomic E-state index is 5.21. The van der Waals surface area contributed by atoms with E-state index in [1.807, 2.05) is 66.7 Å². The summed E-state index contributed by atoms with van der Waals surface area (Å²) < 4.78 is 5.21. The lowest BCUT2D eigenvalue weighted by Crippen LogP contribution is -2.13. The van der Waals surface area contributed by atoms with Crippen LogP contribution < -0.4 is 10.1 Å². The number of nitrogens with one attached hydrogen (secondary N) is 1. The van der Waals surface area contributed by atoms with Crippen molar-refractivity contribution in [1.82, 2.24) is 0 Å². The van der Waals surface area contributed by atoms with Gasteiger partial charge in [0.25, 0.3) is 0 Å². The van der Waals surface area contributed by atoms with Crippen LogP contribution in [0.4, 0.5) is 11.4 Å². The predicted octanol–water partition coefficient (Wildman–Crippen LogP) is 5.19. The van der Waals surface area contributed by atoms with E-state index in [9.17, 15) is 0 Å². The van der Waals surface area contributed by atoms with E-state index in [4.69, 9.17) is 9.73 Å². The summed E-state index contributed by atoms with van der Waals surface area (Å²) in [5.74, 6) is 1.64. The van der Waals surface area contributed by atoms with Gasteiger partial charge in [0.2, 0.25) is 0 Å². The zero-order valence-corrected chi connectivity index (χ0v) is 13.9. The van der Waals surface area contributed by atoms with E-state index in [0.717, 1.165) is 28.5 Å². The molecule has 0 radical (unpaired) electrons. The van der Waals surface area contributed by atoms with Gasteiger partial charge in [0.1, 0.15) is 11.6 Å². The first-order chi connectivity index (χ1) is 11.7. The predicted molar refractivity (Wildman–Crippen MR) is 100 cm³/mol. The SMILES string of the molecule is COc1ccc(NC(=Nc2ccc(C)cc2)c2ccccc2)cc1. The minimum atomic E-state index is 0.810. The molecule has 0 heterocycles. The molecule has 3 rings (SSSR count). The number of rotatable bonds is 4. The summed E-state index contributed by atoms with van der Waals surface area (Å²) in [7, 11) is 1.66. The van der Waals surface area contributed by atoms with Crippen LogP contribution in [-0.2, 0) is 0 Å². The Labute approximate surface area is 142 Å². The zero-order valence-electron chi connectivity index (χ0n) is 13.9. The van der Waals surface area contributed by atoms with Crippen LogP contribution in [-0.4, -0.2) is 12.9 Å². The summed E-state index contributed by atoms with van der Waals surface area (Å²) in [6.45, 7) is 2.07. The van der Waals surface area contributed by atoms with E-state index in [1.54, 1.807) is 7.11 Å². The van der Waals surface area contributed by atoms with Gasteiger partial charge in [-0.1, -0.05) is 48.0 Å².